The van der Waals surface area contributed by atoms with Crippen LogP contribution < -0.4 is 10.5 Å². The lowest BCUT2D eigenvalue weighted by atomic mass is 9.87. The Labute approximate surface area is 127 Å². The lowest BCUT2D eigenvalue weighted by Gasteiger charge is -2.23. The van der Waals surface area contributed by atoms with Crippen LogP contribution in [0.25, 0.3) is 0 Å². The van der Waals surface area contributed by atoms with Gasteiger partial charge in [0.1, 0.15) is 5.75 Å². The molecule has 4 heteroatoms. The average Bonchev–Trinajstić information content (AvgIpc) is 2.84. The van der Waals surface area contributed by atoms with Crippen LogP contribution in [0, 0.1) is 0 Å². The molecule has 1 aromatic carbocycles. The number of rotatable bonds is 3. The van der Waals surface area contributed by atoms with Crippen molar-refractivity contribution in [3.63, 3.8) is 0 Å². The summed E-state index contributed by atoms with van der Waals surface area (Å²) in [5.74, 6) is 0.760. The molecule has 0 aromatic heterocycles. The van der Waals surface area contributed by atoms with E-state index in [0.717, 1.165) is 18.7 Å². The summed E-state index contributed by atoms with van der Waals surface area (Å²) in [6.45, 7) is 9.64. The van der Waals surface area contributed by atoms with Gasteiger partial charge in [-0.3, -0.25) is 4.79 Å². The fourth-order valence-electron chi connectivity index (χ4n) is 2.54. The molecule has 0 aliphatic carbocycles. The van der Waals surface area contributed by atoms with Crippen molar-refractivity contribution in [2.75, 3.05) is 13.1 Å². The molecule has 21 heavy (non-hydrogen) atoms. The molecule has 1 unspecified atom stereocenters. The first-order valence-corrected chi connectivity index (χ1v) is 7.59. The highest BCUT2D eigenvalue weighted by atomic mass is 16.5. The maximum Gasteiger partial charge on any atom is 0.263 e. The number of likely N-dealkylation sites (tertiary alicyclic amines) is 1. The van der Waals surface area contributed by atoms with Crippen LogP contribution in [0.5, 0.6) is 5.75 Å². The second-order valence-electron chi connectivity index (χ2n) is 6.87. The molecule has 1 aliphatic heterocycles. The molecule has 4 nitrogen and oxygen atoms in total. The Bertz CT molecular complexity index is 508. The van der Waals surface area contributed by atoms with Gasteiger partial charge in [-0.25, -0.2) is 0 Å². The quantitative estimate of drug-likeness (QED) is 0.929. The molecule has 1 fully saturated rings. The molecule has 1 heterocycles. The van der Waals surface area contributed by atoms with Crippen LogP contribution in [-0.4, -0.2) is 36.0 Å². The van der Waals surface area contributed by atoms with Crippen LogP contribution in [0.2, 0.25) is 0 Å². The van der Waals surface area contributed by atoms with Crippen LogP contribution in [0.4, 0.5) is 0 Å². The second-order valence-corrected chi connectivity index (χ2v) is 6.87. The molecule has 0 bridgehead atoms. The zero-order valence-corrected chi connectivity index (χ0v) is 13.4. The Morgan fingerprint density at radius 2 is 2.14 bits per heavy atom. The Hall–Kier alpha value is -1.55. The standard InChI is InChI=1S/C17H26N2O2/c1-12(16(20)19-9-8-14(18)11-19)21-15-7-5-6-13(10-15)17(2,3)4/h5-7,10,12,14H,8-9,11,18H2,1-4H3/t12?,14-/m1/s1. The highest BCUT2D eigenvalue weighted by Gasteiger charge is 2.28. The highest BCUT2D eigenvalue weighted by Crippen LogP contribution is 2.26. The third kappa shape index (κ3) is 3.97. The van der Waals surface area contributed by atoms with Crippen LogP contribution in [0.1, 0.15) is 39.7 Å². The summed E-state index contributed by atoms with van der Waals surface area (Å²) in [5, 5.41) is 0. The highest BCUT2D eigenvalue weighted by molar-refractivity contribution is 5.81. The molecule has 0 radical (unpaired) electrons. The molecule has 1 saturated heterocycles. The van der Waals surface area contributed by atoms with Gasteiger partial charge < -0.3 is 15.4 Å². The van der Waals surface area contributed by atoms with Gasteiger partial charge in [0, 0.05) is 19.1 Å². The number of benzene rings is 1. The molecular weight excluding hydrogens is 264 g/mol. The van der Waals surface area contributed by atoms with E-state index in [1.807, 2.05) is 18.2 Å². The van der Waals surface area contributed by atoms with Crippen molar-refractivity contribution in [1.82, 2.24) is 4.90 Å². The fraction of sp³-hybridized carbons (Fsp3) is 0.588. The number of nitrogens with zero attached hydrogens (tertiary/aromatic N) is 1. The minimum Gasteiger partial charge on any atom is -0.481 e. The maximum atomic E-state index is 12.3. The van der Waals surface area contributed by atoms with Gasteiger partial charge in [-0.2, -0.15) is 0 Å². The SMILES string of the molecule is CC(Oc1cccc(C(C)(C)C)c1)C(=O)N1CC[C@@H](N)C1. The average molecular weight is 290 g/mol. The number of nitrogens with two attached hydrogens (primary N) is 1. The van der Waals surface area contributed by atoms with Gasteiger partial charge in [-0.15, -0.1) is 0 Å². The van der Waals surface area contributed by atoms with Gasteiger partial charge in [0.2, 0.25) is 0 Å². The first-order chi connectivity index (χ1) is 9.77. The molecule has 2 atom stereocenters. The van der Waals surface area contributed by atoms with E-state index in [2.05, 4.69) is 26.8 Å². The molecular formula is C17H26N2O2. The topological polar surface area (TPSA) is 55.6 Å². The van der Waals surface area contributed by atoms with E-state index in [0.29, 0.717) is 6.54 Å². The van der Waals surface area contributed by atoms with Gasteiger partial charge >= 0.3 is 0 Å². The monoisotopic (exact) mass is 290 g/mol. The normalized spacial score (nSPS) is 20.4. The van der Waals surface area contributed by atoms with Gasteiger partial charge in [-0.05, 0) is 36.5 Å². The Morgan fingerprint density at radius 1 is 1.43 bits per heavy atom. The number of carbonyl (C=O) groups excluding carboxylic acids is 1. The number of hydrogen-bond acceptors (Lipinski definition) is 3. The summed E-state index contributed by atoms with van der Waals surface area (Å²) in [6.07, 6.45) is 0.392. The molecule has 116 valence electrons. The van der Waals surface area contributed by atoms with E-state index >= 15 is 0 Å². The van der Waals surface area contributed by atoms with Crippen molar-refractivity contribution in [3.05, 3.63) is 29.8 Å². The van der Waals surface area contributed by atoms with E-state index in [1.54, 1.807) is 11.8 Å². The lowest BCUT2D eigenvalue weighted by Crippen LogP contribution is -2.40. The Kier molecular flexibility index (Phi) is 4.57. The summed E-state index contributed by atoms with van der Waals surface area (Å²) in [5.41, 5.74) is 7.11. The zero-order valence-electron chi connectivity index (χ0n) is 13.4. The van der Waals surface area contributed by atoms with Crippen molar-refractivity contribution in [3.8, 4) is 5.75 Å². The summed E-state index contributed by atoms with van der Waals surface area (Å²) in [7, 11) is 0. The van der Waals surface area contributed by atoms with E-state index in [1.165, 1.54) is 5.56 Å². The summed E-state index contributed by atoms with van der Waals surface area (Å²) < 4.78 is 5.83. The van der Waals surface area contributed by atoms with Crippen LogP contribution in [-0.2, 0) is 10.2 Å². The predicted octanol–water partition coefficient (Wildman–Crippen LogP) is 2.31. The van der Waals surface area contributed by atoms with Crippen molar-refractivity contribution >= 4 is 5.91 Å². The van der Waals surface area contributed by atoms with Crippen molar-refractivity contribution in [2.24, 2.45) is 5.73 Å². The molecule has 1 amide bonds. The van der Waals surface area contributed by atoms with E-state index < -0.39 is 6.10 Å². The van der Waals surface area contributed by atoms with E-state index in [-0.39, 0.29) is 17.4 Å². The first-order valence-electron chi connectivity index (χ1n) is 7.59. The minimum atomic E-state index is -0.481. The summed E-state index contributed by atoms with van der Waals surface area (Å²) >= 11 is 0. The predicted molar refractivity (Wildman–Crippen MR) is 84.4 cm³/mol. The number of hydrogen-bond donors (Lipinski definition) is 1. The van der Waals surface area contributed by atoms with Gasteiger partial charge in [0.15, 0.2) is 6.10 Å². The molecule has 1 aromatic rings. The smallest absolute Gasteiger partial charge is 0.263 e. The first kappa shape index (κ1) is 15.8. The summed E-state index contributed by atoms with van der Waals surface area (Å²) in [4.78, 5) is 14.1. The third-order valence-corrected chi connectivity index (χ3v) is 3.90. The van der Waals surface area contributed by atoms with Crippen LogP contribution in [0.15, 0.2) is 24.3 Å². The van der Waals surface area contributed by atoms with Crippen molar-refractivity contribution in [1.29, 1.82) is 0 Å². The minimum absolute atomic E-state index is 0.0177. The second kappa shape index (κ2) is 6.06. The van der Waals surface area contributed by atoms with Crippen LogP contribution >= 0.6 is 0 Å². The number of amides is 1. The number of carbonyl (C=O) groups is 1. The number of ether oxygens (including phenoxy) is 1. The maximum absolute atomic E-state index is 12.3. The Balaban J connectivity index is 2.02. The van der Waals surface area contributed by atoms with Gasteiger partial charge in [0.25, 0.3) is 5.91 Å². The van der Waals surface area contributed by atoms with Gasteiger partial charge in [-0.1, -0.05) is 32.9 Å². The largest absolute Gasteiger partial charge is 0.481 e. The molecule has 0 spiro atoms. The van der Waals surface area contributed by atoms with Crippen LogP contribution in [0.3, 0.4) is 0 Å². The lowest BCUT2D eigenvalue weighted by molar-refractivity contribution is -0.136. The fourth-order valence-corrected chi connectivity index (χ4v) is 2.54. The summed E-state index contributed by atoms with van der Waals surface area (Å²) in [6, 6.07) is 8.07. The van der Waals surface area contributed by atoms with E-state index in [9.17, 15) is 4.79 Å². The van der Waals surface area contributed by atoms with Crippen molar-refractivity contribution in [2.45, 2.75) is 51.7 Å². The third-order valence-electron chi connectivity index (χ3n) is 3.90. The molecule has 2 rings (SSSR count). The molecule has 0 saturated carbocycles. The molecule has 1 aliphatic rings. The zero-order chi connectivity index (χ0) is 15.6. The van der Waals surface area contributed by atoms with Gasteiger partial charge in [0.05, 0.1) is 0 Å². The Morgan fingerprint density at radius 3 is 2.71 bits per heavy atom. The molecule has 2 N–H and O–H groups in total. The van der Waals surface area contributed by atoms with Crippen molar-refractivity contribution < 1.29 is 9.53 Å². The van der Waals surface area contributed by atoms with E-state index in [4.69, 9.17) is 10.5 Å².